The molecule has 0 bridgehead atoms. The average Bonchev–Trinajstić information content (AvgIpc) is 3.45. The Morgan fingerprint density at radius 3 is 2.78 bits per heavy atom. The van der Waals surface area contributed by atoms with E-state index in [-0.39, 0.29) is 11.0 Å². The van der Waals surface area contributed by atoms with E-state index in [1.807, 2.05) is 18.2 Å². The molecule has 4 rings (SSSR count). The van der Waals surface area contributed by atoms with Gasteiger partial charge in [-0.2, -0.15) is 9.78 Å². The van der Waals surface area contributed by atoms with Gasteiger partial charge in [-0.25, -0.2) is 0 Å². The lowest BCUT2D eigenvalue weighted by atomic mass is 10.2. The van der Waals surface area contributed by atoms with Crippen LogP contribution < -0.4 is 20.5 Å². The highest BCUT2D eigenvalue weighted by Gasteiger charge is 2.38. The molecule has 0 atom stereocenters. The van der Waals surface area contributed by atoms with Gasteiger partial charge in [0.25, 0.3) is 0 Å². The fourth-order valence-electron chi connectivity index (χ4n) is 3.26. The normalized spacial score (nSPS) is 18.4. The van der Waals surface area contributed by atoms with Gasteiger partial charge >= 0.3 is 5.56 Å². The Morgan fingerprint density at radius 2 is 2.07 bits per heavy atom. The topological polar surface area (TPSA) is 59.4 Å². The van der Waals surface area contributed by atoms with Gasteiger partial charge in [-0.05, 0) is 30.5 Å². The number of alkyl halides is 1. The smallest absolute Gasteiger partial charge is 0.316 e. The first kappa shape index (κ1) is 18.7. The summed E-state index contributed by atoms with van der Waals surface area (Å²) in [5.41, 5.74) is 2.79. The molecular formula is C20H25IN4O2. The Kier molecular flexibility index (Phi) is 5.41. The van der Waals surface area contributed by atoms with Crippen LogP contribution in [-0.4, -0.2) is 42.6 Å². The van der Waals surface area contributed by atoms with E-state index in [0.717, 1.165) is 54.8 Å². The van der Waals surface area contributed by atoms with Crippen molar-refractivity contribution in [2.75, 3.05) is 37.7 Å². The molecule has 7 heteroatoms. The summed E-state index contributed by atoms with van der Waals surface area (Å²) < 4.78 is 8.48. The van der Waals surface area contributed by atoms with Crippen LogP contribution in [0.2, 0.25) is 0 Å². The van der Waals surface area contributed by atoms with E-state index < -0.39 is 0 Å². The third-order valence-corrected chi connectivity index (χ3v) is 6.23. The lowest BCUT2D eigenvalue weighted by Crippen LogP contribution is -2.44. The van der Waals surface area contributed by atoms with Crippen LogP contribution in [0.15, 0.2) is 35.3 Å². The van der Waals surface area contributed by atoms with Crippen molar-refractivity contribution in [3.63, 3.8) is 0 Å². The number of halogens is 1. The summed E-state index contributed by atoms with van der Waals surface area (Å²) in [6, 6.07) is 7.95. The van der Waals surface area contributed by atoms with Crippen molar-refractivity contribution < 1.29 is 4.74 Å². The summed E-state index contributed by atoms with van der Waals surface area (Å²) >= 11 is 2.32. The molecule has 27 heavy (non-hydrogen) atoms. The highest BCUT2D eigenvalue weighted by atomic mass is 127. The van der Waals surface area contributed by atoms with Crippen LogP contribution in [0.25, 0.3) is 5.69 Å². The van der Waals surface area contributed by atoms with Gasteiger partial charge in [0, 0.05) is 36.0 Å². The van der Waals surface area contributed by atoms with E-state index in [1.165, 1.54) is 10.2 Å². The maximum atomic E-state index is 13.3. The number of anilines is 1. The number of aromatic nitrogens is 2. The van der Waals surface area contributed by atoms with E-state index >= 15 is 0 Å². The second-order valence-corrected chi connectivity index (χ2v) is 8.48. The Hall–Kier alpha value is -1.61. The van der Waals surface area contributed by atoms with E-state index in [2.05, 4.69) is 50.9 Å². The molecule has 1 aliphatic carbocycles. The van der Waals surface area contributed by atoms with E-state index in [9.17, 15) is 4.79 Å². The molecule has 1 saturated carbocycles. The zero-order valence-corrected chi connectivity index (χ0v) is 17.7. The quantitative estimate of drug-likeness (QED) is 0.509. The minimum absolute atomic E-state index is 0.180. The van der Waals surface area contributed by atoms with E-state index in [4.69, 9.17) is 4.74 Å². The highest BCUT2D eigenvalue weighted by molar-refractivity contribution is 14.1. The molecule has 2 heterocycles. The molecule has 2 aromatic rings. The van der Waals surface area contributed by atoms with Crippen LogP contribution in [0.5, 0.6) is 5.75 Å². The standard InChI is InChI=1S/C20H25IN4O2/c1-20(5-6-20)14-27-18-17(24-9-7-22-8-10-24)13-23-25(19(18)26)16-4-2-3-15(11-16)12-21/h2-4,11,13,22H,5-10,12,14H2,1H3. The second kappa shape index (κ2) is 7.79. The maximum Gasteiger partial charge on any atom is 0.316 e. The molecule has 144 valence electrons. The van der Waals surface area contributed by atoms with Crippen LogP contribution in [0.4, 0.5) is 5.69 Å². The lowest BCUT2D eigenvalue weighted by Gasteiger charge is -2.30. The summed E-state index contributed by atoms with van der Waals surface area (Å²) in [5.74, 6) is 0.430. The van der Waals surface area contributed by atoms with Crippen LogP contribution in [0.1, 0.15) is 25.3 Å². The van der Waals surface area contributed by atoms with Crippen molar-refractivity contribution >= 4 is 28.3 Å². The molecule has 1 aromatic heterocycles. The first-order valence-electron chi connectivity index (χ1n) is 9.46. The van der Waals surface area contributed by atoms with Gasteiger partial charge in [-0.3, -0.25) is 4.79 Å². The molecule has 6 nitrogen and oxygen atoms in total. The van der Waals surface area contributed by atoms with Gasteiger partial charge in [0.05, 0.1) is 18.5 Å². The molecule has 1 saturated heterocycles. The zero-order valence-electron chi connectivity index (χ0n) is 15.6. The zero-order chi connectivity index (χ0) is 18.9. The van der Waals surface area contributed by atoms with Crippen LogP contribution in [0.3, 0.4) is 0 Å². The maximum absolute atomic E-state index is 13.3. The molecule has 1 aromatic carbocycles. The SMILES string of the molecule is CC1(COc2c(N3CCNCC3)cnn(-c3cccc(CI)c3)c2=O)CC1. The number of piperazine rings is 1. The first-order valence-corrected chi connectivity index (χ1v) is 11.0. The number of hydrogen-bond acceptors (Lipinski definition) is 5. The van der Waals surface area contributed by atoms with Crippen LogP contribution in [-0.2, 0) is 4.43 Å². The van der Waals surface area contributed by atoms with E-state index in [1.54, 1.807) is 6.20 Å². The molecule has 1 aliphatic heterocycles. The number of ether oxygens (including phenoxy) is 1. The summed E-state index contributed by atoms with van der Waals surface area (Å²) in [6.45, 7) is 6.29. The average molecular weight is 480 g/mol. The van der Waals surface area contributed by atoms with Gasteiger partial charge in [-0.15, -0.1) is 0 Å². The van der Waals surface area contributed by atoms with Gasteiger partial charge in [0.15, 0.2) is 0 Å². The first-order chi connectivity index (χ1) is 13.1. The third kappa shape index (κ3) is 4.13. The summed E-state index contributed by atoms with van der Waals surface area (Å²) in [4.78, 5) is 15.5. The second-order valence-electron chi connectivity index (χ2n) is 7.72. The molecule has 0 unspecified atom stereocenters. The number of benzene rings is 1. The van der Waals surface area contributed by atoms with Crippen molar-refractivity contribution in [1.29, 1.82) is 0 Å². The Morgan fingerprint density at radius 1 is 1.30 bits per heavy atom. The minimum atomic E-state index is -0.180. The van der Waals surface area contributed by atoms with Gasteiger partial charge in [0.1, 0.15) is 5.69 Å². The third-order valence-electron chi connectivity index (χ3n) is 5.35. The van der Waals surface area contributed by atoms with E-state index in [0.29, 0.717) is 12.4 Å². The predicted molar refractivity (Wildman–Crippen MR) is 115 cm³/mol. The molecule has 0 radical (unpaired) electrons. The van der Waals surface area contributed by atoms with Gasteiger partial charge < -0.3 is 15.0 Å². The molecule has 0 spiro atoms. The Balaban J connectivity index is 1.73. The van der Waals surface area contributed by atoms with Crippen LogP contribution in [0, 0.1) is 5.41 Å². The molecule has 2 aliphatic rings. The fraction of sp³-hybridized carbons (Fsp3) is 0.500. The minimum Gasteiger partial charge on any atom is -0.486 e. The summed E-state index contributed by atoms with van der Waals surface area (Å²) in [6.07, 6.45) is 4.11. The predicted octanol–water partition coefficient (Wildman–Crippen LogP) is 2.76. The van der Waals surface area contributed by atoms with Crippen LogP contribution >= 0.6 is 22.6 Å². The van der Waals surface area contributed by atoms with Crippen molar-refractivity contribution in [3.05, 3.63) is 46.4 Å². The largest absolute Gasteiger partial charge is 0.486 e. The molecule has 2 fully saturated rings. The van der Waals surface area contributed by atoms with Crippen molar-refractivity contribution in [1.82, 2.24) is 15.1 Å². The summed E-state index contributed by atoms with van der Waals surface area (Å²) in [5, 5.41) is 7.83. The highest BCUT2D eigenvalue weighted by Crippen LogP contribution is 2.45. The number of rotatable bonds is 6. The van der Waals surface area contributed by atoms with Crippen molar-refractivity contribution in [2.45, 2.75) is 24.2 Å². The number of hydrogen-bond donors (Lipinski definition) is 1. The fourth-order valence-corrected chi connectivity index (χ4v) is 3.73. The monoisotopic (exact) mass is 480 g/mol. The van der Waals surface area contributed by atoms with Gasteiger partial charge in [-0.1, -0.05) is 41.6 Å². The van der Waals surface area contributed by atoms with Crippen molar-refractivity contribution in [3.8, 4) is 11.4 Å². The Labute approximate surface area is 173 Å². The van der Waals surface area contributed by atoms with Crippen molar-refractivity contribution in [2.24, 2.45) is 5.41 Å². The number of nitrogens with one attached hydrogen (secondary N) is 1. The number of nitrogens with zero attached hydrogens (tertiary/aromatic N) is 3. The Bertz CT molecular complexity index is 873. The summed E-state index contributed by atoms with van der Waals surface area (Å²) in [7, 11) is 0. The molecule has 1 N–H and O–H groups in total. The molecule has 0 amide bonds. The van der Waals surface area contributed by atoms with Gasteiger partial charge in [0.2, 0.25) is 5.75 Å². The molecular weight excluding hydrogens is 455 g/mol. The lowest BCUT2D eigenvalue weighted by molar-refractivity contribution is 0.243.